The van der Waals surface area contributed by atoms with Crippen molar-refractivity contribution in [3.8, 4) is 0 Å². The van der Waals surface area contributed by atoms with Gasteiger partial charge in [-0.1, -0.05) is 0 Å². The molecule has 0 saturated heterocycles. The lowest BCUT2D eigenvalue weighted by atomic mass is 10.3. The highest BCUT2D eigenvalue weighted by atomic mass is 127. The first-order valence-electron chi connectivity index (χ1n) is 2.54. The third-order valence-electron chi connectivity index (χ3n) is 1.02. The van der Waals surface area contributed by atoms with Crippen LogP contribution in [-0.2, 0) is 0 Å². The second kappa shape index (κ2) is 2.92. The predicted molar refractivity (Wildman–Crippen MR) is 43.9 cm³/mol. The van der Waals surface area contributed by atoms with Crippen LogP contribution in [0, 0.1) is 14.8 Å². The van der Waals surface area contributed by atoms with Gasteiger partial charge in [-0.3, -0.25) is 0 Å². The van der Waals surface area contributed by atoms with E-state index < -0.39 is 5.82 Å². The molecule has 50 valence electrons. The molecule has 0 amide bonds. The number of nitrogens with zero attached hydrogens (tertiary/aromatic N) is 2. The van der Waals surface area contributed by atoms with Crippen molar-refractivity contribution in [3.05, 3.63) is 32.6 Å². The van der Waals surface area contributed by atoms with Crippen LogP contribution in [0.15, 0.2) is 18.2 Å². The largest absolute Gasteiger partial charge is 0.420 e. The van der Waals surface area contributed by atoms with Gasteiger partial charge in [0.05, 0.1) is 0 Å². The van der Waals surface area contributed by atoms with Gasteiger partial charge in [0.1, 0.15) is 0 Å². The zero-order valence-corrected chi connectivity index (χ0v) is 7.04. The molecule has 0 radical (unpaired) electrons. The van der Waals surface area contributed by atoms with Crippen LogP contribution in [0.2, 0.25) is 0 Å². The van der Waals surface area contributed by atoms with Gasteiger partial charge in [0.25, 0.3) is 0 Å². The molecule has 0 unspecified atom stereocenters. The van der Waals surface area contributed by atoms with Gasteiger partial charge in [0, 0.05) is 9.64 Å². The van der Waals surface area contributed by atoms with Crippen LogP contribution in [0.25, 0.3) is 4.98 Å². The molecule has 1 aromatic carbocycles. The molecule has 0 fully saturated rings. The van der Waals surface area contributed by atoms with Gasteiger partial charge in [-0.2, -0.15) is 4.39 Å². The lowest BCUT2D eigenvalue weighted by Crippen LogP contribution is -1.75. The van der Waals surface area contributed by atoms with Crippen molar-refractivity contribution in [1.82, 2.24) is 0 Å². The molecule has 0 aliphatic carbocycles. The molecule has 0 aliphatic rings. The highest BCUT2D eigenvalue weighted by Crippen LogP contribution is 2.19. The Hall–Kier alpha value is -0.700. The number of hydrogen-bond acceptors (Lipinski definition) is 1. The lowest BCUT2D eigenvalue weighted by Gasteiger charge is -1.84. The van der Waals surface area contributed by atoms with Crippen LogP contribution < -0.4 is 0 Å². The Labute approximate surface area is 70.8 Å². The van der Waals surface area contributed by atoms with Crippen molar-refractivity contribution < 1.29 is 4.39 Å². The van der Waals surface area contributed by atoms with E-state index in [-0.39, 0.29) is 5.69 Å². The first-order valence-corrected chi connectivity index (χ1v) is 3.62. The SMILES string of the molecule is N#[N+]c1ccc(I)cc1F. The first-order chi connectivity index (χ1) is 4.74. The summed E-state index contributed by atoms with van der Waals surface area (Å²) in [6.45, 7) is 0. The number of hydrogen-bond donors (Lipinski definition) is 0. The van der Waals surface area contributed by atoms with Crippen LogP contribution >= 0.6 is 22.6 Å². The van der Waals surface area contributed by atoms with Crippen molar-refractivity contribution in [2.45, 2.75) is 0 Å². The standard InChI is InChI=1S/C6H3FIN2/c7-5-3-4(8)1-2-6(5)10-9/h1-3H/q+1. The molecule has 0 heterocycles. The summed E-state index contributed by atoms with van der Waals surface area (Å²) in [7, 11) is 0. The van der Waals surface area contributed by atoms with Gasteiger partial charge in [0.15, 0.2) is 4.98 Å². The summed E-state index contributed by atoms with van der Waals surface area (Å²) in [4.78, 5) is 2.73. The molecule has 0 atom stereocenters. The van der Waals surface area contributed by atoms with E-state index in [4.69, 9.17) is 5.39 Å². The Balaban J connectivity index is 3.23. The molecule has 0 aliphatic heterocycles. The Morgan fingerprint density at radius 3 is 2.70 bits per heavy atom. The van der Waals surface area contributed by atoms with Crippen LogP contribution in [0.5, 0.6) is 0 Å². The second-order valence-electron chi connectivity index (χ2n) is 1.70. The minimum absolute atomic E-state index is 0.0274. The smallest absolute Gasteiger partial charge is 0.198 e. The third kappa shape index (κ3) is 1.42. The van der Waals surface area contributed by atoms with Gasteiger partial charge in [-0.15, -0.1) is 0 Å². The molecular formula is C6H3FIN2+. The maximum atomic E-state index is 12.6. The van der Waals surface area contributed by atoms with E-state index in [9.17, 15) is 4.39 Å². The molecule has 1 aromatic rings. The lowest BCUT2D eigenvalue weighted by molar-refractivity contribution is 0.632. The third-order valence-corrected chi connectivity index (χ3v) is 1.69. The summed E-state index contributed by atoms with van der Waals surface area (Å²) in [5, 5.41) is 8.19. The van der Waals surface area contributed by atoms with Crippen LogP contribution in [-0.4, -0.2) is 0 Å². The average Bonchev–Trinajstić information content (AvgIpc) is 1.88. The number of benzene rings is 1. The van der Waals surface area contributed by atoms with E-state index in [1.54, 1.807) is 6.07 Å². The van der Waals surface area contributed by atoms with Crippen molar-refractivity contribution in [2.75, 3.05) is 0 Å². The Morgan fingerprint density at radius 2 is 2.20 bits per heavy atom. The van der Waals surface area contributed by atoms with E-state index >= 15 is 0 Å². The Kier molecular flexibility index (Phi) is 2.17. The fourth-order valence-electron chi connectivity index (χ4n) is 0.562. The van der Waals surface area contributed by atoms with E-state index in [2.05, 4.69) is 4.98 Å². The van der Waals surface area contributed by atoms with Gasteiger partial charge in [-0.05, 0) is 34.7 Å². The van der Waals surface area contributed by atoms with E-state index in [0.29, 0.717) is 0 Å². The van der Waals surface area contributed by atoms with Crippen molar-refractivity contribution in [1.29, 1.82) is 5.39 Å². The van der Waals surface area contributed by atoms with Gasteiger partial charge in [0.2, 0.25) is 11.2 Å². The molecular weight excluding hydrogens is 246 g/mol. The van der Waals surface area contributed by atoms with Gasteiger partial charge < -0.3 is 0 Å². The zero-order valence-electron chi connectivity index (χ0n) is 4.88. The topological polar surface area (TPSA) is 28.1 Å². The van der Waals surface area contributed by atoms with Crippen molar-refractivity contribution in [3.63, 3.8) is 0 Å². The summed E-state index contributed by atoms with van der Waals surface area (Å²) < 4.78 is 13.4. The van der Waals surface area contributed by atoms with Gasteiger partial charge >= 0.3 is 5.69 Å². The van der Waals surface area contributed by atoms with E-state index in [1.165, 1.54) is 12.1 Å². The normalized spacial score (nSPS) is 8.90. The predicted octanol–water partition coefficient (Wildman–Crippen LogP) is 2.91. The fourth-order valence-corrected chi connectivity index (χ4v) is 1.02. The van der Waals surface area contributed by atoms with Crippen molar-refractivity contribution >= 4 is 28.3 Å². The molecule has 0 aromatic heterocycles. The number of halogens is 2. The van der Waals surface area contributed by atoms with E-state index in [0.717, 1.165) is 3.57 Å². The second-order valence-corrected chi connectivity index (χ2v) is 2.94. The van der Waals surface area contributed by atoms with Crippen molar-refractivity contribution in [2.24, 2.45) is 0 Å². The summed E-state index contributed by atoms with van der Waals surface area (Å²) >= 11 is 1.98. The van der Waals surface area contributed by atoms with Crippen LogP contribution in [0.1, 0.15) is 0 Å². The Bertz CT molecular complexity index is 292. The molecule has 10 heavy (non-hydrogen) atoms. The first kappa shape index (κ1) is 7.41. The summed E-state index contributed by atoms with van der Waals surface area (Å²) in [6, 6.07) is 4.38. The number of rotatable bonds is 0. The molecule has 0 saturated carbocycles. The molecule has 0 bridgehead atoms. The minimum atomic E-state index is -0.505. The van der Waals surface area contributed by atoms with Crippen LogP contribution in [0.3, 0.4) is 0 Å². The van der Waals surface area contributed by atoms with E-state index in [1.807, 2.05) is 22.6 Å². The maximum absolute atomic E-state index is 12.6. The minimum Gasteiger partial charge on any atom is -0.198 e. The monoisotopic (exact) mass is 249 g/mol. The quantitative estimate of drug-likeness (QED) is 0.513. The number of diazo groups is 1. The maximum Gasteiger partial charge on any atom is 0.420 e. The fraction of sp³-hybridized carbons (Fsp3) is 0. The molecule has 0 N–H and O–H groups in total. The summed E-state index contributed by atoms with van der Waals surface area (Å²) in [5.41, 5.74) is -0.0274. The molecule has 0 spiro atoms. The highest BCUT2D eigenvalue weighted by molar-refractivity contribution is 14.1. The molecule has 2 nitrogen and oxygen atoms in total. The average molecular weight is 249 g/mol. The summed E-state index contributed by atoms with van der Waals surface area (Å²) in [6.07, 6.45) is 0. The highest BCUT2D eigenvalue weighted by Gasteiger charge is 2.11. The summed E-state index contributed by atoms with van der Waals surface area (Å²) in [5.74, 6) is -0.505. The van der Waals surface area contributed by atoms with Crippen LogP contribution in [0.4, 0.5) is 10.1 Å². The Morgan fingerprint density at radius 1 is 1.50 bits per heavy atom. The molecule has 4 heteroatoms. The van der Waals surface area contributed by atoms with Gasteiger partial charge in [-0.25, -0.2) is 0 Å². The zero-order chi connectivity index (χ0) is 7.56. The molecule has 1 rings (SSSR count).